The van der Waals surface area contributed by atoms with Gasteiger partial charge in [0.15, 0.2) is 11.5 Å². The number of carbonyl (C=O) groups is 2. The number of imide groups is 1. The van der Waals surface area contributed by atoms with Crippen LogP contribution in [-0.4, -0.2) is 29.2 Å². The number of amides is 2. The molecule has 1 aliphatic rings. The third kappa shape index (κ3) is 5.25. The molecule has 3 rings (SSSR count). The van der Waals surface area contributed by atoms with E-state index in [0.29, 0.717) is 39.6 Å². The lowest BCUT2D eigenvalue weighted by Gasteiger charge is -2.15. The Morgan fingerprint density at radius 2 is 1.90 bits per heavy atom. The van der Waals surface area contributed by atoms with Crippen molar-refractivity contribution in [1.29, 1.82) is 0 Å². The number of likely N-dealkylation sites (N-methyl/N-ethyl adjacent to an activating group) is 1. The molecule has 2 aromatic carbocycles. The summed E-state index contributed by atoms with van der Waals surface area (Å²) in [5.41, 5.74) is 1.55. The van der Waals surface area contributed by atoms with Crippen molar-refractivity contribution in [3.63, 3.8) is 0 Å². The molecule has 9 heteroatoms. The van der Waals surface area contributed by atoms with Gasteiger partial charge in [-0.2, -0.15) is 0 Å². The lowest BCUT2D eigenvalue weighted by molar-refractivity contribution is -0.122. The van der Waals surface area contributed by atoms with E-state index in [1.54, 1.807) is 31.2 Å². The Kier molecular flexibility index (Phi) is 7.95. The highest BCUT2D eigenvalue weighted by Crippen LogP contribution is 2.38. The van der Waals surface area contributed by atoms with Crippen LogP contribution in [0.3, 0.4) is 0 Å². The number of hydrogen-bond acceptors (Lipinski definition) is 5. The van der Waals surface area contributed by atoms with E-state index in [2.05, 4.69) is 22.6 Å². The van der Waals surface area contributed by atoms with Crippen molar-refractivity contribution >= 4 is 74.8 Å². The zero-order chi connectivity index (χ0) is 21.8. The molecule has 0 spiro atoms. The monoisotopic (exact) mass is 577 g/mol. The van der Waals surface area contributed by atoms with E-state index in [-0.39, 0.29) is 17.8 Å². The van der Waals surface area contributed by atoms with Gasteiger partial charge in [0, 0.05) is 22.2 Å². The van der Waals surface area contributed by atoms with E-state index in [9.17, 15) is 9.59 Å². The summed E-state index contributed by atoms with van der Waals surface area (Å²) in [5, 5.41) is 0.831. The second-order valence-electron chi connectivity index (χ2n) is 6.21. The molecule has 30 heavy (non-hydrogen) atoms. The summed E-state index contributed by atoms with van der Waals surface area (Å²) in [6, 6.07) is 8.91. The molecule has 0 saturated carbocycles. The Bertz CT molecular complexity index is 1030. The van der Waals surface area contributed by atoms with Crippen LogP contribution < -0.4 is 9.47 Å². The van der Waals surface area contributed by atoms with E-state index < -0.39 is 0 Å². The van der Waals surface area contributed by atoms with Crippen LogP contribution in [-0.2, 0) is 11.4 Å². The zero-order valence-electron chi connectivity index (χ0n) is 16.2. The summed E-state index contributed by atoms with van der Waals surface area (Å²) in [4.78, 5) is 25.9. The highest BCUT2D eigenvalue weighted by atomic mass is 127. The fraction of sp³-hybridized carbons (Fsp3) is 0.238. The molecule has 0 aliphatic carbocycles. The third-order valence-electron chi connectivity index (χ3n) is 4.21. The van der Waals surface area contributed by atoms with Crippen molar-refractivity contribution in [2.75, 3.05) is 13.2 Å². The van der Waals surface area contributed by atoms with E-state index in [4.69, 9.17) is 32.7 Å². The fourth-order valence-electron chi connectivity index (χ4n) is 2.79. The molecule has 1 aliphatic heterocycles. The van der Waals surface area contributed by atoms with Gasteiger partial charge in [-0.3, -0.25) is 14.5 Å². The summed E-state index contributed by atoms with van der Waals surface area (Å²) < 4.78 is 12.6. The predicted molar refractivity (Wildman–Crippen MR) is 129 cm³/mol. The summed E-state index contributed by atoms with van der Waals surface area (Å²) in [6.07, 6.45) is 1.70. The van der Waals surface area contributed by atoms with Gasteiger partial charge >= 0.3 is 0 Å². The van der Waals surface area contributed by atoms with Gasteiger partial charge in [-0.25, -0.2) is 0 Å². The van der Waals surface area contributed by atoms with Crippen LogP contribution in [0.4, 0.5) is 4.79 Å². The first-order chi connectivity index (χ1) is 14.3. The first kappa shape index (κ1) is 23.2. The van der Waals surface area contributed by atoms with Gasteiger partial charge in [0.05, 0.1) is 15.1 Å². The van der Waals surface area contributed by atoms with E-state index in [1.165, 1.54) is 4.90 Å². The summed E-state index contributed by atoms with van der Waals surface area (Å²) in [7, 11) is 0. The SMILES string of the molecule is CCOc1cc(/C=C2/SC(=O)N(CC)C2=O)cc(I)c1OCc1ccc(Cl)cc1Cl. The Balaban J connectivity index is 1.88. The number of thioether (sulfide) groups is 1. The van der Waals surface area contributed by atoms with Crippen molar-refractivity contribution in [2.45, 2.75) is 20.5 Å². The van der Waals surface area contributed by atoms with Gasteiger partial charge in [-0.1, -0.05) is 29.3 Å². The predicted octanol–water partition coefficient (Wildman–Crippen LogP) is 6.63. The number of nitrogens with zero attached hydrogens (tertiary/aromatic N) is 1. The maximum atomic E-state index is 12.4. The lowest BCUT2D eigenvalue weighted by atomic mass is 10.1. The maximum Gasteiger partial charge on any atom is 0.293 e. The van der Waals surface area contributed by atoms with Gasteiger partial charge in [0.1, 0.15) is 6.61 Å². The molecule has 1 saturated heterocycles. The minimum atomic E-state index is -0.279. The number of halogens is 3. The van der Waals surface area contributed by atoms with E-state index in [1.807, 2.05) is 19.1 Å². The van der Waals surface area contributed by atoms with Crippen molar-refractivity contribution in [3.8, 4) is 11.5 Å². The molecule has 2 aromatic rings. The largest absolute Gasteiger partial charge is 0.490 e. The Labute approximate surface area is 202 Å². The van der Waals surface area contributed by atoms with Crippen LogP contribution in [0.1, 0.15) is 25.0 Å². The third-order valence-corrected chi connectivity index (χ3v) is 6.50. The molecule has 0 bridgehead atoms. The van der Waals surface area contributed by atoms with Gasteiger partial charge in [-0.05, 0) is 84.1 Å². The van der Waals surface area contributed by atoms with Crippen molar-refractivity contribution in [1.82, 2.24) is 4.90 Å². The Hall–Kier alpha value is -1.42. The lowest BCUT2D eigenvalue weighted by Crippen LogP contribution is -2.27. The number of ether oxygens (including phenoxy) is 2. The smallest absolute Gasteiger partial charge is 0.293 e. The Morgan fingerprint density at radius 3 is 2.53 bits per heavy atom. The van der Waals surface area contributed by atoms with Crippen LogP contribution in [0, 0.1) is 3.57 Å². The molecule has 5 nitrogen and oxygen atoms in total. The topological polar surface area (TPSA) is 55.8 Å². The molecule has 0 unspecified atom stereocenters. The average Bonchev–Trinajstić information content (AvgIpc) is 2.95. The van der Waals surface area contributed by atoms with E-state index in [0.717, 1.165) is 26.5 Å². The average molecular weight is 578 g/mol. The van der Waals surface area contributed by atoms with Crippen LogP contribution in [0.25, 0.3) is 6.08 Å². The highest BCUT2D eigenvalue weighted by molar-refractivity contribution is 14.1. The molecule has 0 aromatic heterocycles. The second-order valence-corrected chi connectivity index (χ2v) is 9.21. The molecule has 0 atom stereocenters. The standard InChI is InChI=1S/C21H18Cl2INO4S/c1-3-25-20(26)18(30-21(25)27)9-12-7-16(24)19(17(8-12)28-4-2)29-11-13-5-6-14(22)10-15(13)23/h5-10H,3-4,11H2,1-2H3/b18-9+. The number of benzene rings is 2. The molecule has 2 amide bonds. The molecule has 1 fully saturated rings. The first-order valence-electron chi connectivity index (χ1n) is 9.12. The van der Waals surface area contributed by atoms with Gasteiger partial charge < -0.3 is 9.47 Å². The van der Waals surface area contributed by atoms with Crippen molar-refractivity contribution in [3.05, 3.63) is 60.0 Å². The zero-order valence-corrected chi connectivity index (χ0v) is 20.7. The highest BCUT2D eigenvalue weighted by Gasteiger charge is 2.33. The minimum absolute atomic E-state index is 0.251. The molecule has 0 radical (unpaired) electrons. The van der Waals surface area contributed by atoms with Gasteiger partial charge in [0.25, 0.3) is 11.1 Å². The van der Waals surface area contributed by atoms with Crippen LogP contribution in [0.5, 0.6) is 11.5 Å². The second kappa shape index (κ2) is 10.3. The maximum absolute atomic E-state index is 12.4. The van der Waals surface area contributed by atoms with Crippen LogP contribution in [0.2, 0.25) is 10.0 Å². The fourth-order valence-corrected chi connectivity index (χ4v) is 4.93. The number of carbonyl (C=O) groups excluding carboxylic acids is 2. The Morgan fingerprint density at radius 1 is 1.13 bits per heavy atom. The minimum Gasteiger partial charge on any atom is -0.490 e. The molecular formula is C21H18Cl2INO4S. The van der Waals surface area contributed by atoms with Crippen molar-refractivity contribution in [2.24, 2.45) is 0 Å². The van der Waals surface area contributed by atoms with Crippen molar-refractivity contribution < 1.29 is 19.1 Å². The van der Waals surface area contributed by atoms with Crippen LogP contribution in [0.15, 0.2) is 35.2 Å². The molecule has 1 heterocycles. The van der Waals surface area contributed by atoms with Gasteiger partial charge in [0.2, 0.25) is 0 Å². The normalized spacial score (nSPS) is 15.2. The quantitative estimate of drug-likeness (QED) is 0.273. The molecule has 0 N–H and O–H groups in total. The first-order valence-corrected chi connectivity index (χ1v) is 11.8. The summed E-state index contributed by atoms with van der Waals surface area (Å²) in [5.74, 6) is 0.857. The van der Waals surface area contributed by atoms with E-state index >= 15 is 0 Å². The number of rotatable bonds is 7. The molecule has 158 valence electrons. The summed E-state index contributed by atoms with van der Waals surface area (Å²) >= 11 is 15.3. The summed E-state index contributed by atoms with van der Waals surface area (Å²) in [6.45, 7) is 4.70. The number of hydrogen-bond donors (Lipinski definition) is 0. The van der Waals surface area contributed by atoms with Crippen LogP contribution >= 0.6 is 57.6 Å². The molecular weight excluding hydrogens is 560 g/mol. The van der Waals surface area contributed by atoms with Gasteiger partial charge in [-0.15, -0.1) is 0 Å².